The van der Waals surface area contributed by atoms with Crippen LogP contribution in [-0.2, 0) is 0 Å². The topological polar surface area (TPSA) is 54.3 Å². The van der Waals surface area contributed by atoms with Gasteiger partial charge in [0.05, 0.1) is 21.3 Å². The molecule has 3 rings (SSSR count). The molecule has 1 N–H and O–H groups in total. The maximum absolute atomic E-state index is 9.43. The van der Waals surface area contributed by atoms with E-state index in [4.69, 9.17) is 21.1 Å². The van der Waals surface area contributed by atoms with Crippen molar-refractivity contribution in [1.29, 1.82) is 5.26 Å². The second kappa shape index (κ2) is 5.84. The van der Waals surface area contributed by atoms with Gasteiger partial charge in [0.15, 0.2) is 11.5 Å². The number of fused-ring (bicyclic) bond motifs is 1. The van der Waals surface area contributed by atoms with Crippen molar-refractivity contribution in [3.8, 4) is 17.6 Å². The number of benzene rings is 2. The number of para-hydroxylation sites is 1. The van der Waals surface area contributed by atoms with Crippen LogP contribution in [0.3, 0.4) is 0 Å². The normalized spacial score (nSPS) is 13.6. The van der Waals surface area contributed by atoms with Gasteiger partial charge >= 0.3 is 0 Å². The quantitative estimate of drug-likeness (QED) is 0.869. The molecule has 1 atom stereocenters. The van der Waals surface area contributed by atoms with Crippen molar-refractivity contribution in [3.05, 3.63) is 51.5 Å². The van der Waals surface area contributed by atoms with Crippen molar-refractivity contribution < 1.29 is 9.47 Å². The highest BCUT2D eigenvalue weighted by atomic mass is 79.9. The highest BCUT2D eigenvalue weighted by Crippen LogP contribution is 2.41. The predicted molar refractivity (Wildman–Crippen MR) is 83.7 cm³/mol. The summed E-state index contributed by atoms with van der Waals surface area (Å²) >= 11 is 9.54. The molecule has 1 aliphatic heterocycles. The smallest absolute Gasteiger partial charge is 0.231 e. The third-order valence-corrected chi connectivity index (χ3v) is 4.00. The van der Waals surface area contributed by atoms with Gasteiger partial charge in [0, 0.05) is 0 Å². The number of ether oxygens (including phenoxy) is 2. The highest BCUT2D eigenvalue weighted by molar-refractivity contribution is 9.10. The van der Waals surface area contributed by atoms with Crippen LogP contribution >= 0.6 is 27.5 Å². The third kappa shape index (κ3) is 2.78. The van der Waals surface area contributed by atoms with E-state index < -0.39 is 6.04 Å². The van der Waals surface area contributed by atoms with Crippen molar-refractivity contribution in [3.63, 3.8) is 0 Å². The Morgan fingerprint density at radius 3 is 2.86 bits per heavy atom. The van der Waals surface area contributed by atoms with Gasteiger partial charge in [-0.05, 0) is 45.8 Å². The van der Waals surface area contributed by atoms with Crippen molar-refractivity contribution in [2.45, 2.75) is 6.04 Å². The molecule has 0 fully saturated rings. The molecule has 2 aromatic rings. The first-order chi connectivity index (χ1) is 10.2. The Hall–Kier alpha value is -1.90. The molecule has 0 aromatic heterocycles. The van der Waals surface area contributed by atoms with E-state index in [1.165, 1.54) is 0 Å². The Kier molecular flexibility index (Phi) is 3.91. The number of halogens is 2. The summed E-state index contributed by atoms with van der Waals surface area (Å²) in [5.41, 5.74) is 1.48. The van der Waals surface area contributed by atoms with Gasteiger partial charge in [-0.15, -0.1) is 0 Å². The van der Waals surface area contributed by atoms with Crippen LogP contribution in [0.25, 0.3) is 0 Å². The maximum atomic E-state index is 9.43. The van der Waals surface area contributed by atoms with E-state index in [2.05, 4.69) is 27.3 Å². The first-order valence-corrected chi connectivity index (χ1v) is 7.36. The van der Waals surface area contributed by atoms with Gasteiger partial charge in [-0.2, -0.15) is 5.26 Å². The molecule has 1 heterocycles. The SMILES string of the molecule is N#CC(Nc1ccccc1Cl)c1cc(Br)c2c(c1)OCO2. The molecule has 0 saturated heterocycles. The average Bonchev–Trinajstić information content (AvgIpc) is 2.95. The van der Waals surface area contributed by atoms with E-state index in [9.17, 15) is 5.26 Å². The molecule has 0 amide bonds. The minimum absolute atomic E-state index is 0.187. The lowest BCUT2D eigenvalue weighted by molar-refractivity contribution is 0.173. The van der Waals surface area contributed by atoms with Crippen LogP contribution in [0.1, 0.15) is 11.6 Å². The van der Waals surface area contributed by atoms with Gasteiger partial charge in [0.2, 0.25) is 6.79 Å². The second-order valence-corrected chi connectivity index (χ2v) is 5.68. The van der Waals surface area contributed by atoms with Gasteiger partial charge in [-0.1, -0.05) is 23.7 Å². The fraction of sp³-hybridized carbons (Fsp3) is 0.133. The number of rotatable bonds is 3. The number of anilines is 1. The average molecular weight is 366 g/mol. The lowest BCUT2D eigenvalue weighted by Crippen LogP contribution is -2.09. The van der Waals surface area contributed by atoms with Gasteiger partial charge in [0.1, 0.15) is 6.04 Å². The van der Waals surface area contributed by atoms with Crippen LogP contribution in [0.2, 0.25) is 5.02 Å². The minimum atomic E-state index is -0.546. The molecule has 1 aliphatic rings. The van der Waals surface area contributed by atoms with Gasteiger partial charge in [-0.25, -0.2) is 0 Å². The number of nitriles is 1. The summed E-state index contributed by atoms with van der Waals surface area (Å²) in [6, 6.07) is 12.6. The molecule has 2 aromatic carbocycles. The van der Waals surface area contributed by atoms with E-state index >= 15 is 0 Å². The Balaban J connectivity index is 1.93. The first-order valence-electron chi connectivity index (χ1n) is 6.19. The van der Waals surface area contributed by atoms with Crippen LogP contribution < -0.4 is 14.8 Å². The van der Waals surface area contributed by atoms with E-state index in [0.717, 1.165) is 10.0 Å². The fourth-order valence-electron chi connectivity index (χ4n) is 2.08. The molecule has 4 nitrogen and oxygen atoms in total. The van der Waals surface area contributed by atoms with Crippen molar-refractivity contribution in [1.82, 2.24) is 0 Å². The lowest BCUT2D eigenvalue weighted by atomic mass is 10.1. The zero-order chi connectivity index (χ0) is 14.8. The zero-order valence-corrected chi connectivity index (χ0v) is 13.1. The van der Waals surface area contributed by atoms with Crippen LogP contribution in [0.4, 0.5) is 5.69 Å². The predicted octanol–water partition coefficient (Wildman–Crippen LogP) is 4.51. The Labute approximate surface area is 135 Å². The van der Waals surface area contributed by atoms with Gasteiger partial charge in [-0.3, -0.25) is 0 Å². The number of hydrogen-bond donors (Lipinski definition) is 1. The first kappa shape index (κ1) is 14.1. The summed E-state index contributed by atoms with van der Waals surface area (Å²) in [4.78, 5) is 0. The third-order valence-electron chi connectivity index (χ3n) is 3.09. The van der Waals surface area contributed by atoms with Crippen LogP contribution in [0.5, 0.6) is 11.5 Å². The second-order valence-electron chi connectivity index (χ2n) is 4.42. The largest absolute Gasteiger partial charge is 0.454 e. The molecule has 0 bridgehead atoms. The number of nitrogens with zero attached hydrogens (tertiary/aromatic N) is 1. The molecular formula is C15H10BrClN2O2. The van der Waals surface area contributed by atoms with Crippen LogP contribution in [-0.4, -0.2) is 6.79 Å². The molecule has 21 heavy (non-hydrogen) atoms. The molecule has 106 valence electrons. The molecule has 0 saturated carbocycles. The van der Waals surface area contributed by atoms with E-state index in [0.29, 0.717) is 22.2 Å². The fourth-order valence-corrected chi connectivity index (χ4v) is 2.84. The Bertz CT molecular complexity index is 730. The minimum Gasteiger partial charge on any atom is -0.454 e. The summed E-state index contributed by atoms with van der Waals surface area (Å²) in [5.74, 6) is 1.29. The Morgan fingerprint density at radius 2 is 2.10 bits per heavy atom. The Morgan fingerprint density at radius 1 is 1.29 bits per heavy atom. The van der Waals surface area contributed by atoms with Crippen LogP contribution in [0, 0.1) is 11.3 Å². The summed E-state index contributed by atoms with van der Waals surface area (Å²) in [6.45, 7) is 0.187. The molecule has 0 aliphatic carbocycles. The summed E-state index contributed by atoms with van der Waals surface area (Å²) in [6.07, 6.45) is 0. The highest BCUT2D eigenvalue weighted by Gasteiger charge is 2.21. The summed E-state index contributed by atoms with van der Waals surface area (Å²) in [7, 11) is 0. The van der Waals surface area contributed by atoms with Crippen molar-refractivity contribution in [2.24, 2.45) is 0 Å². The molecule has 1 unspecified atom stereocenters. The number of nitrogens with one attached hydrogen (secondary N) is 1. The van der Waals surface area contributed by atoms with E-state index in [1.54, 1.807) is 12.1 Å². The standard InChI is InChI=1S/C15H10BrClN2O2/c16-10-5-9(6-14-15(10)21-8-20-14)13(7-18)19-12-4-2-1-3-11(12)17/h1-6,13,19H,8H2. The van der Waals surface area contributed by atoms with Gasteiger partial charge in [0.25, 0.3) is 0 Å². The summed E-state index contributed by atoms with van der Waals surface area (Å²) < 4.78 is 11.5. The van der Waals surface area contributed by atoms with Crippen molar-refractivity contribution in [2.75, 3.05) is 12.1 Å². The summed E-state index contributed by atoms with van der Waals surface area (Å²) in [5, 5.41) is 13.1. The molecule has 0 radical (unpaired) electrons. The zero-order valence-electron chi connectivity index (χ0n) is 10.8. The molecular weight excluding hydrogens is 356 g/mol. The maximum Gasteiger partial charge on any atom is 0.231 e. The van der Waals surface area contributed by atoms with Gasteiger partial charge < -0.3 is 14.8 Å². The van der Waals surface area contributed by atoms with E-state index in [-0.39, 0.29) is 6.79 Å². The molecule has 6 heteroatoms. The van der Waals surface area contributed by atoms with Crippen molar-refractivity contribution >= 4 is 33.2 Å². The van der Waals surface area contributed by atoms with Crippen LogP contribution in [0.15, 0.2) is 40.9 Å². The van der Waals surface area contributed by atoms with E-state index in [1.807, 2.05) is 24.3 Å². The number of hydrogen-bond acceptors (Lipinski definition) is 4. The lowest BCUT2D eigenvalue weighted by Gasteiger charge is -2.15. The molecule has 0 spiro atoms. The monoisotopic (exact) mass is 364 g/mol.